The molecule has 0 radical (unpaired) electrons. The lowest BCUT2D eigenvalue weighted by Crippen LogP contribution is -2.37. The molecule has 0 aliphatic carbocycles. The van der Waals surface area contributed by atoms with E-state index in [0.29, 0.717) is 5.75 Å². The first kappa shape index (κ1) is 17.7. The summed E-state index contributed by atoms with van der Waals surface area (Å²) in [5, 5.41) is 22.9. The van der Waals surface area contributed by atoms with E-state index in [1.807, 2.05) is 36.4 Å². The van der Waals surface area contributed by atoms with Gasteiger partial charge in [-0.05, 0) is 35.1 Å². The second-order valence-corrected chi connectivity index (χ2v) is 6.40. The number of benzene rings is 2. The number of hydrogen-bond acceptors (Lipinski definition) is 7. The van der Waals surface area contributed by atoms with E-state index in [0.717, 1.165) is 22.1 Å². The normalized spacial score (nSPS) is 10.3. The molecule has 0 fully saturated rings. The predicted molar refractivity (Wildman–Crippen MR) is 101 cm³/mol. The van der Waals surface area contributed by atoms with Crippen LogP contribution >= 0.6 is 23.6 Å². The van der Waals surface area contributed by atoms with E-state index >= 15 is 0 Å². The first-order chi connectivity index (χ1) is 12.5. The number of rotatable bonds is 5. The van der Waals surface area contributed by atoms with E-state index in [1.54, 1.807) is 6.07 Å². The molecule has 2 aromatic carbocycles. The Labute approximate surface area is 156 Å². The number of fused-ring (bicyclic) bond motifs is 1. The zero-order chi connectivity index (χ0) is 18.5. The molecule has 1 aromatic heterocycles. The van der Waals surface area contributed by atoms with Crippen LogP contribution < -0.4 is 15.4 Å². The van der Waals surface area contributed by atoms with Gasteiger partial charge in [0.1, 0.15) is 5.75 Å². The smallest absolute Gasteiger partial charge is 0.367 e. The van der Waals surface area contributed by atoms with Crippen LogP contribution in [0.2, 0.25) is 0 Å². The maximum absolute atomic E-state index is 11.9. The van der Waals surface area contributed by atoms with Gasteiger partial charge in [0.2, 0.25) is 10.1 Å². The van der Waals surface area contributed by atoms with Crippen molar-refractivity contribution in [2.75, 3.05) is 11.9 Å². The summed E-state index contributed by atoms with van der Waals surface area (Å²) in [4.78, 5) is 22.6. The minimum absolute atomic E-state index is 0.0230. The van der Waals surface area contributed by atoms with Crippen molar-refractivity contribution in [1.82, 2.24) is 15.5 Å². The highest BCUT2D eigenvalue weighted by Gasteiger charge is 2.13. The predicted octanol–water partition coefficient (Wildman–Crippen LogP) is 2.28. The summed E-state index contributed by atoms with van der Waals surface area (Å²) in [6.07, 6.45) is 0. The third-order valence-electron chi connectivity index (χ3n) is 3.17. The monoisotopic (exact) mass is 388 g/mol. The summed E-state index contributed by atoms with van der Waals surface area (Å²) in [7, 11) is 0. The van der Waals surface area contributed by atoms with Gasteiger partial charge in [-0.2, -0.15) is 0 Å². The summed E-state index contributed by atoms with van der Waals surface area (Å²) < 4.78 is 5.46. The lowest BCUT2D eigenvalue weighted by Gasteiger charge is -2.09. The van der Waals surface area contributed by atoms with Crippen LogP contribution in [0.25, 0.3) is 10.8 Å². The van der Waals surface area contributed by atoms with E-state index in [1.165, 1.54) is 0 Å². The van der Waals surface area contributed by atoms with Crippen molar-refractivity contribution in [3.8, 4) is 5.75 Å². The third-order valence-corrected chi connectivity index (χ3v) is 4.20. The fourth-order valence-corrected chi connectivity index (χ4v) is 2.92. The molecule has 1 amide bonds. The minimum Gasteiger partial charge on any atom is -0.484 e. The number of carboxylic acid groups (broad SMARTS) is 1. The van der Waals surface area contributed by atoms with Crippen LogP contribution in [0.4, 0.5) is 5.13 Å². The summed E-state index contributed by atoms with van der Waals surface area (Å²) in [6, 6.07) is 13.3. The van der Waals surface area contributed by atoms with Crippen molar-refractivity contribution in [1.29, 1.82) is 0 Å². The van der Waals surface area contributed by atoms with Gasteiger partial charge in [0, 0.05) is 0 Å². The van der Waals surface area contributed by atoms with Crippen LogP contribution in [0.5, 0.6) is 5.75 Å². The highest BCUT2D eigenvalue weighted by molar-refractivity contribution is 7.80. The number of aromatic nitrogens is 2. The van der Waals surface area contributed by atoms with Crippen LogP contribution in [0.3, 0.4) is 0 Å². The van der Waals surface area contributed by atoms with E-state index in [-0.39, 0.29) is 21.9 Å². The number of amides is 1. The largest absolute Gasteiger partial charge is 0.484 e. The van der Waals surface area contributed by atoms with Gasteiger partial charge in [-0.3, -0.25) is 10.1 Å². The molecule has 10 heteroatoms. The fraction of sp³-hybridized carbons (Fsp3) is 0.0625. The standard InChI is InChI=1S/C16H12N4O4S2/c21-12(17-15(25)18-16-20-19-13(26-16)14(22)23)8-24-11-6-5-9-3-1-2-4-10(9)7-11/h1-7H,8H2,(H,22,23)(H2,17,18,20,21,25). The molecule has 0 unspecified atom stereocenters. The number of ether oxygens (including phenoxy) is 1. The number of thiocarbonyl (C=S) groups is 1. The van der Waals surface area contributed by atoms with Crippen molar-refractivity contribution in [2.24, 2.45) is 0 Å². The topological polar surface area (TPSA) is 113 Å². The molecule has 3 aromatic rings. The number of aromatic carboxylic acids is 1. The van der Waals surface area contributed by atoms with Crippen LogP contribution in [0.1, 0.15) is 9.80 Å². The molecule has 0 aliphatic rings. The summed E-state index contributed by atoms with van der Waals surface area (Å²) >= 11 is 5.78. The first-order valence-electron chi connectivity index (χ1n) is 7.30. The third kappa shape index (κ3) is 4.49. The minimum atomic E-state index is -1.19. The number of nitrogens with one attached hydrogen (secondary N) is 2. The van der Waals surface area contributed by atoms with Gasteiger partial charge in [-0.25, -0.2) is 4.79 Å². The maximum Gasteiger partial charge on any atom is 0.367 e. The SMILES string of the molecule is O=C(COc1ccc2ccccc2c1)NC(=S)Nc1nnc(C(=O)O)s1. The lowest BCUT2D eigenvalue weighted by atomic mass is 10.1. The molecule has 3 rings (SSSR count). The Bertz CT molecular complexity index is 989. The molecule has 0 saturated carbocycles. The Hall–Kier alpha value is -3.11. The second kappa shape index (κ2) is 7.85. The van der Waals surface area contributed by atoms with Crippen LogP contribution in [-0.2, 0) is 4.79 Å². The van der Waals surface area contributed by atoms with Gasteiger partial charge < -0.3 is 15.2 Å². The molecule has 26 heavy (non-hydrogen) atoms. The number of carboxylic acids is 1. The lowest BCUT2D eigenvalue weighted by molar-refractivity contribution is -0.121. The Morgan fingerprint density at radius 2 is 1.92 bits per heavy atom. The Morgan fingerprint density at radius 3 is 2.65 bits per heavy atom. The average Bonchev–Trinajstić information content (AvgIpc) is 3.08. The van der Waals surface area contributed by atoms with Crippen molar-refractivity contribution >= 4 is 56.4 Å². The van der Waals surface area contributed by atoms with Crippen LogP contribution in [0.15, 0.2) is 42.5 Å². The van der Waals surface area contributed by atoms with Crippen LogP contribution in [-0.4, -0.2) is 38.9 Å². The highest BCUT2D eigenvalue weighted by atomic mass is 32.1. The van der Waals surface area contributed by atoms with Gasteiger partial charge >= 0.3 is 5.97 Å². The number of anilines is 1. The van der Waals surface area contributed by atoms with Crippen molar-refractivity contribution in [3.05, 3.63) is 47.5 Å². The number of hydrogen-bond donors (Lipinski definition) is 3. The van der Waals surface area contributed by atoms with E-state index in [4.69, 9.17) is 22.1 Å². The molecule has 132 valence electrons. The van der Waals surface area contributed by atoms with E-state index < -0.39 is 11.9 Å². The molecule has 1 heterocycles. The van der Waals surface area contributed by atoms with E-state index in [2.05, 4.69) is 20.8 Å². The van der Waals surface area contributed by atoms with Gasteiger partial charge in [-0.15, -0.1) is 10.2 Å². The Kier molecular flexibility index (Phi) is 5.34. The molecule has 3 N–H and O–H groups in total. The van der Waals surface area contributed by atoms with Crippen molar-refractivity contribution in [2.45, 2.75) is 0 Å². The average molecular weight is 388 g/mol. The number of nitrogens with zero attached hydrogens (tertiary/aromatic N) is 2. The Balaban J connectivity index is 1.51. The summed E-state index contributed by atoms with van der Waals surface area (Å²) in [5.41, 5.74) is 0. The summed E-state index contributed by atoms with van der Waals surface area (Å²) in [6.45, 7) is -0.226. The molecule has 0 bridgehead atoms. The van der Waals surface area contributed by atoms with Gasteiger partial charge in [0.05, 0.1) is 0 Å². The first-order valence-corrected chi connectivity index (χ1v) is 8.53. The molecular weight excluding hydrogens is 376 g/mol. The second-order valence-electron chi connectivity index (χ2n) is 5.02. The maximum atomic E-state index is 11.9. The van der Waals surface area contributed by atoms with Crippen molar-refractivity contribution < 1.29 is 19.4 Å². The molecular formula is C16H12N4O4S2. The zero-order valence-electron chi connectivity index (χ0n) is 13.1. The quantitative estimate of drug-likeness (QED) is 0.571. The Morgan fingerprint density at radius 1 is 1.15 bits per heavy atom. The van der Waals surface area contributed by atoms with Gasteiger partial charge in [0.25, 0.3) is 5.91 Å². The number of carbonyl (C=O) groups excluding carboxylic acids is 1. The molecule has 0 atom stereocenters. The fourth-order valence-electron chi connectivity index (χ4n) is 2.06. The molecule has 8 nitrogen and oxygen atoms in total. The van der Waals surface area contributed by atoms with Crippen molar-refractivity contribution in [3.63, 3.8) is 0 Å². The van der Waals surface area contributed by atoms with Gasteiger partial charge in [0.15, 0.2) is 11.7 Å². The van der Waals surface area contributed by atoms with E-state index in [9.17, 15) is 9.59 Å². The highest BCUT2D eigenvalue weighted by Crippen LogP contribution is 2.20. The molecule has 0 spiro atoms. The molecule has 0 saturated heterocycles. The summed E-state index contributed by atoms with van der Waals surface area (Å²) in [5.74, 6) is -1.08. The van der Waals surface area contributed by atoms with Crippen LogP contribution in [0, 0.1) is 0 Å². The molecule has 0 aliphatic heterocycles. The zero-order valence-corrected chi connectivity index (χ0v) is 14.8. The number of carbonyl (C=O) groups is 2. The van der Waals surface area contributed by atoms with Gasteiger partial charge in [-0.1, -0.05) is 41.7 Å².